The zero-order valence-electron chi connectivity index (χ0n) is 9.60. The standard InChI is InChI=1S/C14H17Br/c1-4-10-7-8-14(2,3)13-9-11(15)5-6-12(10)13/h5-7,9H,4,8H2,1-3H3. The lowest BCUT2D eigenvalue weighted by molar-refractivity contribution is 0.526. The number of hydrogen-bond acceptors (Lipinski definition) is 0. The Labute approximate surface area is 101 Å². The van der Waals surface area contributed by atoms with Crippen LogP contribution in [0.1, 0.15) is 44.7 Å². The average molecular weight is 265 g/mol. The van der Waals surface area contributed by atoms with Gasteiger partial charge in [0.1, 0.15) is 0 Å². The van der Waals surface area contributed by atoms with Crippen LogP contribution in [0.3, 0.4) is 0 Å². The maximum Gasteiger partial charge on any atom is 0.0178 e. The first-order valence-corrected chi connectivity index (χ1v) is 6.33. The molecule has 0 radical (unpaired) electrons. The van der Waals surface area contributed by atoms with Gasteiger partial charge in [0.15, 0.2) is 0 Å². The topological polar surface area (TPSA) is 0 Å². The van der Waals surface area contributed by atoms with Gasteiger partial charge in [0.2, 0.25) is 0 Å². The summed E-state index contributed by atoms with van der Waals surface area (Å²) in [5.41, 5.74) is 4.70. The van der Waals surface area contributed by atoms with Crippen LogP contribution in [0.5, 0.6) is 0 Å². The van der Waals surface area contributed by atoms with E-state index in [0.717, 1.165) is 12.8 Å². The fraction of sp³-hybridized carbons (Fsp3) is 0.429. The SMILES string of the molecule is CCC1=CCC(C)(C)c2cc(Br)ccc21. The first-order chi connectivity index (χ1) is 7.04. The van der Waals surface area contributed by atoms with E-state index in [1.807, 2.05) is 0 Å². The minimum Gasteiger partial charge on any atom is -0.0799 e. The van der Waals surface area contributed by atoms with Gasteiger partial charge in [-0.2, -0.15) is 0 Å². The summed E-state index contributed by atoms with van der Waals surface area (Å²) >= 11 is 3.56. The molecule has 1 heteroatoms. The molecule has 0 heterocycles. The Morgan fingerprint density at radius 1 is 1.33 bits per heavy atom. The normalized spacial score (nSPS) is 18.3. The Kier molecular flexibility index (Phi) is 2.76. The lowest BCUT2D eigenvalue weighted by Gasteiger charge is -2.32. The Hall–Kier alpha value is -0.560. The molecule has 1 aliphatic rings. The molecule has 0 nitrogen and oxygen atoms in total. The lowest BCUT2D eigenvalue weighted by atomic mass is 9.73. The van der Waals surface area contributed by atoms with Gasteiger partial charge in [0.05, 0.1) is 0 Å². The summed E-state index contributed by atoms with van der Waals surface area (Å²) in [5, 5.41) is 0. The van der Waals surface area contributed by atoms with Crippen LogP contribution in [0.2, 0.25) is 0 Å². The van der Waals surface area contributed by atoms with E-state index in [1.54, 1.807) is 0 Å². The van der Waals surface area contributed by atoms with E-state index in [1.165, 1.54) is 21.2 Å². The molecule has 0 atom stereocenters. The van der Waals surface area contributed by atoms with Gasteiger partial charge in [-0.15, -0.1) is 0 Å². The number of allylic oxidation sites excluding steroid dienone is 2. The summed E-state index contributed by atoms with van der Waals surface area (Å²) in [6, 6.07) is 6.66. The fourth-order valence-electron chi connectivity index (χ4n) is 2.29. The molecular formula is C14H17Br. The minimum atomic E-state index is 0.276. The molecule has 0 unspecified atom stereocenters. The zero-order chi connectivity index (χ0) is 11.1. The molecule has 0 N–H and O–H groups in total. The molecule has 0 fully saturated rings. The van der Waals surface area contributed by atoms with E-state index in [0.29, 0.717) is 0 Å². The quantitative estimate of drug-likeness (QED) is 0.675. The van der Waals surface area contributed by atoms with Crippen molar-refractivity contribution in [2.75, 3.05) is 0 Å². The van der Waals surface area contributed by atoms with Gasteiger partial charge < -0.3 is 0 Å². The third kappa shape index (κ3) is 1.90. The maximum absolute atomic E-state index is 3.56. The lowest BCUT2D eigenvalue weighted by Crippen LogP contribution is -2.21. The van der Waals surface area contributed by atoms with Crippen molar-refractivity contribution in [2.45, 2.75) is 39.0 Å². The highest BCUT2D eigenvalue weighted by Crippen LogP contribution is 2.40. The molecule has 0 bridgehead atoms. The number of fused-ring (bicyclic) bond motifs is 1. The van der Waals surface area contributed by atoms with Crippen molar-refractivity contribution in [2.24, 2.45) is 0 Å². The molecular weight excluding hydrogens is 248 g/mol. The van der Waals surface area contributed by atoms with Gasteiger partial charge in [-0.3, -0.25) is 0 Å². The van der Waals surface area contributed by atoms with E-state index in [2.05, 4.69) is 61.0 Å². The van der Waals surface area contributed by atoms with Crippen LogP contribution in [0.4, 0.5) is 0 Å². The third-order valence-electron chi connectivity index (χ3n) is 3.30. The smallest absolute Gasteiger partial charge is 0.0178 e. The predicted octanol–water partition coefficient (Wildman–Crippen LogP) is 4.92. The van der Waals surface area contributed by atoms with Gasteiger partial charge in [-0.25, -0.2) is 0 Å². The zero-order valence-corrected chi connectivity index (χ0v) is 11.2. The van der Waals surface area contributed by atoms with Crippen LogP contribution in [0.25, 0.3) is 5.57 Å². The highest BCUT2D eigenvalue weighted by Gasteiger charge is 2.27. The molecule has 0 aromatic heterocycles. The molecule has 1 aromatic rings. The van der Waals surface area contributed by atoms with Crippen LogP contribution in [-0.2, 0) is 5.41 Å². The molecule has 0 aliphatic heterocycles. The van der Waals surface area contributed by atoms with Crippen molar-refractivity contribution in [3.63, 3.8) is 0 Å². The van der Waals surface area contributed by atoms with Crippen LogP contribution in [0, 0.1) is 0 Å². The summed E-state index contributed by atoms with van der Waals surface area (Å²) in [5.74, 6) is 0. The fourth-order valence-corrected chi connectivity index (χ4v) is 2.65. The van der Waals surface area contributed by atoms with Crippen molar-refractivity contribution in [3.05, 3.63) is 39.9 Å². The maximum atomic E-state index is 3.56. The highest BCUT2D eigenvalue weighted by atomic mass is 79.9. The Morgan fingerprint density at radius 2 is 2.07 bits per heavy atom. The second-order valence-corrected chi connectivity index (χ2v) is 5.78. The Bertz CT molecular complexity index is 413. The van der Waals surface area contributed by atoms with E-state index in [9.17, 15) is 0 Å². The molecule has 0 saturated heterocycles. The molecule has 80 valence electrons. The minimum absolute atomic E-state index is 0.276. The first kappa shape index (κ1) is 10.9. The van der Waals surface area contributed by atoms with E-state index >= 15 is 0 Å². The van der Waals surface area contributed by atoms with Gasteiger partial charge in [-0.1, -0.05) is 48.8 Å². The Balaban J connectivity index is 2.62. The molecule has 15 heavy (non-hydrogen) atoms. The van der Waals surface area contributed by atoms with Crippen LogP contribution < -0.4 is 0 Å². The summed E-state index contributed by atoms with van der Waals surface area (Å²) in [6.07, 6.45) is 4.68. The Morgan fingerprint density at radius 3 is 2.73 bits per heavy atom. The van der Waals surface area contributed by atoms with Crippen LogP contribution in [0.15, 0.2) is 28.7 Å². The summed E-state index contributed by atoms with van der Waals surface area (Å²) in [7, 11) is 0. The van der Waals surface area contributed by atoms with Gasteiger partial charge in [-0.05, 0) is 47.1 Å². The number of hydrogen-bond donors (Lipinski definition) is 0. The van der Waals surface area contributed by atoms with Crippen LogP contribution >= 0.6 is 15.9 Å². The van der Waals surface area contributed by atoms with Gasteiger partial charge in [0, 0.05) is 4.47 Å². The molecule has 0 amide bonds. The highest BCUT2D eigenvalue weighted by molar-refractivity contribution is 9.10. The second-order valence-electron chi connectivity index (χ2n) is 4.86. The van der Waals surface area contributed by atoms with Gasteiger partial charge >= 0.3 is 0 Å². The first-order valence-electron chi connectivity index (χ1n) is 5.54. The summed E-state index contributed by atoms with van der Waals surface area (Å²) in [4.78, 5) is 0. The van der Waals surface area contributed by atoms with Gasteiger partial charge in [0.25, 0.3) is 0 Å². The summed E-state index contributed by atoms with van der Waals surface area (Å²) < 4.78 is 1.19. The number of halogens is 1. The summed E-state index contributed by atoms with van der Waals surface area (Å²) in [6.45, 7) is 6.87. The molecule has 1 aliphatic carbocycles. The van der Waals surface area contributed by atoms with Crippen molar-refractivity contribution in [1.82, 2.24) is 0 Å². The second kappa shape index (κ2) is 3.79. The van der Waals surface area contributed by atoms with E-state index < -0.39 is 0 Å². The molecule has 1 aromatic carbocycles. The number of benzene rings is 1. The third-order valence-corrected chi connectivity index (χ3v) is 3.79. The molecule has 0 spiro atoms. The van der Waals surface area contributed by atoms with Crippen molar-refractivity contribution in [3.8, 4) is 0 Å². The van der Waals surface area contributed by atoms with Crippen molar-refractivity contribution in [1.29, 1.82) is 0 Å². The molecule has 0 saturated carbocycles. The van der Waals surface area contributed by atoms with Crippen LogP contribution in [-0.4, -0.2) is 0 Å². The molecule has 2 rings (SSSR count). The van der Waals surface area contributed by atoms with Crippen molar-refractivity contribution >= 4 is 21.5 Å². The number of rotatable bonds is 1. The largest absolute Gasteiger partial charge is 0.0799 e. The van der Waals surface area contributed by atoms with E-state index in [-0.39, 0.29) is 5.41 Å². The monoisotopic (exact) mass is 264 g/mol. The average Bonchev–Trinajstić information content (AvgIpc) is 2.19. The predicted molar refractivity (Wildman–Crippen MR) is 70.1 cm³/mol. The van der Waals surface area contributed by atoms with E-state index in [4.69, 9.17) is 0 Å². The van der Waals surface area contributed by atoms with Crippen molar-refractivity contribution < 1.29 is 0 Å².